The molecule has 0 aliphatic heterocycles. The molecule has 106 valence electrons. The summed E-state index contributed by atoms with van der Waals surface area (Å²) in [5.74, 6) is 0. The van der Waals surface area contributed by atoms with E-state index in [1.165, 1.54) is 5.69 Å². The number of fused-ring (bicyclic) bond motifs is 1. The number of nitrogens with one attached hydrogen (secondary N) is 1. The molecule has 0 aliphatic carbocycles. The Kier molecular flexibility index (Phi) is 4.60. The van der Waals surface area contributed by atoms with Crippen LogP contribution in [-0.4, -0.2) is 46.5 Å². The van der Waals surface area contributed by atoms with Gasteiger partial charge in [-0.15, -0.1) is 11.3 Å². The van der Waals surface area contributed by atoms with Gasteiger partial charge in [0.2, 0.25) is 0 Å². The van der Waals surface area contributed by atoms with Crippen LogP contribution in [0.4, 0.5) is 0 Å². The highest BCUT2D eigenvalue weighted by Gasteiger charge is 2.09. The molecule has 2 heterocycles. The number of hydrogen-bond acceptors (Lipinski definition) is 4. The van der Waals surface area contributed by atoms with Crippen LogP contribution in [0.5, 0.6) is 0 Å². The third-order valence-electron chi connectivity index (χ3n) is 3.12. The number of thiazole rings is 1. The minimum absolute atomic E-state index is 0.206. The van der Waals surface area contributed by atoms with Crippen molar-refractivity contribution in [3.63, 3.8) is 0 Å². The van der Waals surface area contributed by atoms with E-state index in [-0.39, 0.29) is 5.54 Å². The molecule has 0 spiro atoms. The Hall–Kier alpha value is -0.910. The maximum atomic E-state index is 4.30. The Morgan fingerprint density at radius 3 is 2.89 bits per heavy atom. The molecule has 1 N–H and O–H groups in total. The van der Waals surface area contributed by atoms with Crippen LogP contribution < -0.4 is 5.32 Å². The first-order valence-corrected chi connectivity index (χ1v) is 7.67. The summed E-state index contributed by atoms with van der Waals surface area (Å²) >= 11 is 1.71. The van der Waals surface area contributed by atoms with Crippen LogP contribution in [0.15, 0.2) is 17.8 Å². The Balaban J connectivity index is 1.75. The minimum atomic E-state index is 0.206. The lowest BCUT2D eigenvalue weighted by Gasteiger charge is -2.23. The monoisotopic (exact) mass is 280 g/mol. The summed E-state index contributed by atoms with van der Waals surface area (Å²) in [5.41, 5.74) is 1.56. The predicted octanol–water partition coefficient (Wildman–Crippen LogP) is 2.26. The highest BCUT2D eigenvalue weighted by atomic mass is 32.1. The number of aromatic nitrogens is 2. The summed E-state index contributed by atoms with van der Waals surface area (Å²) in [4.78, 5) is 7.77. The van der Waals surface area contributed by atoms with Gasteiger partial charge in [-0.3, -0.25) is 4.40 Å². The van der Waals surface area contributed by atoms with Crippen LogP contribution in [0.3, 0.4) is 0 Å². The van der Waals surface area contributed by atoms with Crippen LogP contribution in [0.2, 0.25) is 0 Å². The molecular weight excluding hydrogens is 256 g/mol. The lowest BCUT2D eigenvalue weighted by molar-refractivity contribution is 0.311. The molecule has 0 aromatic carbocycles. The smallest absolute Gasteiger partial charge is 0.193 e. The molecule has 2 rings (SSSR count). The molecule has 0 amide bonds. The second-order valence-electron chi connectivity index (χ2n) is 6.04. The summed E-state index contributed by atoms with van der Waals surface area (Å²) in [6, 6.07) is 0. The highest BCUT2D eigenvalue weighted by Crippen LogP contribution is 2.14. The SMILES string of the molecule is CN(CCNC(C)(C)C)CCc1csc2nccn12. The number of imidazole rings is 1. The number of hydrogen-bond donors (Lipinski definition) is 1. The Bertz CT molecular complexity index is 509. The number of rotatable bonds is 6. The third kappa shape index (κ3) is 4.30. The Morgan fingerprint density at radius 1 is 1.37 bits per heavy atom. The van der Waals surface area contributed by atoms with Crippen LogP contribution in [0.1, 0.15) is 26.5 Å². The molecule has 2 aromatic heterocycles. The molecule has 0 saturated carbocycles. The topological polar surface area (TPSA) is 32.6 Å². The molecule has 5 heteroatoms. The molecule has 0 saturated heterocycles. The Labute approximate surface area is 119 Å². The van der Waals surface area contributed by atoms with E-state index in [9.17, 15) is 0 Å². The first kappa shape index (κ1) is 14.5. The van der Waals surface area contributed by atoms with E-state index < -0.39 is 0 Å². The Morgan fingerprint density at radius 2 is 2.16 bits per heavy atom. The van der Waals surface area contributed by atoms with E-state index in [2.05, 4.69) is 52.8 Å². The average Bonchev–Trinajstić information content (AvgIpc) is 2.87. The standard InChI is InChI=1S/C14H24N4S/c1-14(2,3)16-7-9-17(4)8-5-12-11-19-13-15-6-10-18(12)13/h6,10-11,16H,5,7-9H2,1-4H3. The normalized spacial score (nSPS) is 12.7. The third-order valence-corrected chi connectivity index (χ3v) is 4.02. The zero-order valence-corrected chi connectivity index (χ0v) is 13.1. The van der Waals surface area contributed by atoms with Gasteiger partial charge in [-0.05, 0) is 27.8 Å². The minimum Gasteiger partial charge on any atom is -0.311 e. The maximum Gasteiger partial charge on any atom is 0.193 e. The van der Waals surface area contributed by atoms with Gasteiger partial charge in [0.15, 0.2) is 4.96 Å². The summed E-state index contributed by atoms with van der Waals surface area (Å²) < 4.78 is 2.19. The van der Waals surface area contributed by atoms with Gasteiger partial charge in [0, 0.05) is 55.1 Å². The van der Waals surface area contributed by atoms with Gasteiger partial charge in [-0.2, -0.15) is 0 Å². The quantitative estimate of drug-likeness (QED) is 0.881. The van der Waals surface area contributed by atoms with Crippen molar-refractivity contribution in [1.29, 1.82) is 0 Å². The van der Waals surface area contributed by atoms with Crippen LogP contribution in [0, 0.1) is 0 Å². The van der Waals surface area contributed by atoms with Crippen LogP contribution >= 0.6 is 11.3 Å². The van der Waals surface area contributed by atoms with Gasteiger partial charge in [0.25, 0.3) is 0 Å². The van der Waals surface area contributed by atoms with Crippen molar-refractivity contribution in [2.24, 2.45) is 0 Å². The van der Waals surface area contributed by atoms with Crippen molar-refractivity contribution in [2.75, 3.05) is 26.7 Å². The van der Waals surface area contributed by atoms with Crippen molar-refractivity contribution >= 4 is 16.3 Å². The van der Waals surface area contributed by atoms with Gasteiger partial charge >= 0.3 is 0 Å². The molecule has 0 atom stereocenters. The maximum absolute atomic E-state index is 4.30. The summed E-state index contributed by atoms with van der Waals surface area (Å²) in [7, 11) is 2.18. The van der Waals surface area contributed by atoms with Crippen molar-refractivity contribution in [2.45, 2.75) is 32.7 Å². The van der Waals surface area contributed by atoms with Gasteiger partial charge in [-0.1, -0.05) is 0 Å². The van der Waals surface area contributed by atoms with Crippen molar-refractivity contribution in [1.82, 2.24) is 19.6 Å². The molecule has 19 heavy (non-hydrogen) atoms. The molecular formula is C14H24N4S. The van der Waals surface area contributed by atoms with E-state index in [4.69, 9.17) is 0 Å². The van der Waals surface area contributed by atoms with E-state index in [1.807, 2.05) is 12.4 Å². The van der Waals surface area contributed by atoms with Crippen molar-refractivity contribution < 1.29 is 0 Å². The molecule has 0 aliphatic rings. The second-order valence-corrected chi connectivity index (χ2v) is 6.87. The lowest BCUT2D eigenvalue weighted by Crippen LogP contribution is -2.40. The molecule has 0 unspecified atom stereocenters. The van der Waals surface area contributed by atoms with Crippen LogP contribution in [0.25, 0.3) is 4.96 Å². The first-order chi connectivity index (χ1) is 8.96. The molecule has 2 aromatic rings. The van der Waals surface area contributed by atoms with E-state index in [1.54, 1.807) is 11.3 Å². The zero-order chi connectivity index (χ0) is 13.9. The fourth-order valence-corrected chi connectivity index (χ4v) is 2.88. The van der Waals surface area contributed by atoms with Gasteiger partial charge in [-0.25, -0.2) is 4.98 Å². The van der Waals surface area contributed by atoms with E-state index in [0.29, 0.717) is 0 Å². The largest absolute Gasteiger partial charge is 0.311 e. The lowest BCUT2D eigenvalue weighted by atomic mass is 10.1. The first-order valence-electron chi connectivity index (χ1n) is 6.79. The van der Waals surface area contributed by atoms with Crippen LogP contribution in [-0.2, 0) is 6.42 Å². The van der Waals surface area contributed by atoms with E-state index in [0.717, 1.165) is 31.0 Å². The van der Waals surface area contributed by atoms with Gasteiger partial charge < -0.3 is 10.2 Å². The van der Waals surface area contributed by atoms with Gasteiger partial charge in [0.05, 0.1) is 0 Å². The molecule has 0 radical (unpaired) electrons. The predicted molar refractivity (Wildman–Crippen MR) is 82.0 cm³/mol. The van der Waals surface area contributed by atoms with Crippen molar-refractivity contribution in [3.05, 3.63) is 23.5 Å². The summed E-state index contributed by atoms with van der Waals surface area (Å²) in [5, 5.41) is 5.73. The number of likely N-dealkylation sites (N-methyl/N-ethyl adjacent to an activating group) is 1. The molecule has 0 fully saturated rings. The van der Waals surface area contributed by atoms with Gasteiger partial charge in [0.1, 0.15) is 0 Å². The van der Waals surface area contributed by atoms with E-state index >= 15 is 0 Å². The second kappa shape index (κ2) is 6.03. The molecule has 4 nitrogen and oxygen atoms in total. The number of nitrogens with zero attached hydrogens (tertiary/aromatic N) is 3. The average molecular weight is 280 g/mol. The molecule has 0 bridgehead atoms. The fourth-order valence-electron chi connectivity index (χ4n) is 1.99. The summed E-state index contributed by atoms with van der Waals surface area (Å²) in [6.07, 6.45) is 4.98. The fraction of sp³-hybridized carbons (Fsp3) is 0.643. The zero-order valence-electron chi connectivity index (χ0n) is 12.3. The summed E-state index contributed by atoms with van der Waals surface area (Å²) in [6.45, 7) is 9.80. The highest BCUT2D eigenvalue weighted by molar-refractivity contribution is 7.15. The van der Waals surface area contributed by atoms with Crippen molar-refractivity contribution in [3.8, 4) is 0 Å².